The van der Waals surface area contributed by atoms with Crippen LogP contribution in [0.4, 0.5) is 0 Å². The maximum Gasteiger partial charge on any atom is 0.226 e. The number of nitrogens with zero attached hydrogens (tertiary/aromatic N) is 1. The van der Waals surface area contributed by atoms with Crippen molar-refractivity contribution < 1.29 is 9.53 Å². The minimum Gasteiger partial charge on any atom is -0.369 e. The van der Waals surface area contributed by atoms with E-state index in [0.29, 0.717) is 24.9 Å². The second-order valence-electron chi connectivity index (χ2n) is 6.44. The first-order valence-corrected chi connectivity index (χ1v) is 7.09. The topological polar surface area (TPSA) is 55.6 Å². The highest BCUT2D eigenvalue weighted by molar-refractivity contribution is 5.79. The number of hydrogen-bond donors (Lipinski definition) is 1. The fourth-order valence-electron chi connectivity index (χ4n) is 3.50. The van der Waals surface area contributed by atoms with Gasteiger partial charge in [0, 0.05) is 19.0 Å². The third-order valence-corrected chi connectivity index (χ3v) is 4.16. The van der Waals surface area contributed by atoms with Gasteiger partial charge in [-0.3, -0.25) is 4.79 Å². The Labute approximate surface area is 110 Å². The molecule has 1 heterocycles. The number of morpholine rings is 1. The van der Waals surface area contributed by atoms with E-state index in [4.69, 9.17) is 10.5 Å². The van der Waals surface area contributed by atoms with Crippen LogP contribution in [0.1, 0.15) is 40.0 Å². The first-order chi connectivity index (χ1) is 8.43. The summed E-state index contributed by atoms with van der Waals surface area (Å²) in [7, 11) is 0. The molecule has 18 heavy (non-hydrogen) atoms. The SMILES string of the molecule is CC1CN(C(=O)C2CCCC2CN)CC(C)(C)O1. The van der Waals surface area contributed by atoms with Gasteiger partial charge in [0.15, 0.2) is 0 Å². The molecule has 3 unspecified atom stereocenters. The first kappa shape index (κ1) is 13.8. The monoisotopic (exact) mass is 254 g/mol. The summed E-state index contributed by atoms with van der Waals surface area (Å²) in [6.07, 6.45) is 3.38. The lowest BCUT2D eigenvalue weighted by Crippen LogP contribution is -2.55. The lowest BCUT2D eigenvalue weighted by Gasteiger charge is -2.43. The smallest absolute Gasteiger partial charge is 0.226 e. The maximum atomic E-state index is 12.6. The lowest BCUT2D eigenvalue weighted by atomic mass is 9.93. The summed E-state index contributed by atoms with van der Waals surface area (Å²) in [6, 6.07) is 0. The maximum absolute atomic E-state index is 12.6. The van der Waals surface area contributed by atoms with Gasteiger partial charge in [-0.1, -0.05) is 6.42 Å². The van der Waals surface area contributed by atoms with Crippen LogP contribution in [0.3, 0.4) is 0 Å². The fourth-order valence-corrected chi connectivity index (χ4v) is 3.50. The number of carbonyl (C=O) groups is 1. The molecular formula is C14H26N2O2. The quantitative estimate of drug-likeness (QED) is 0.810. The molecule has 3 atom stereocenters. The normalized spacial score (nSPS) is 35.8. The number of nitrogens with two attached hydrogens (primary N) is 1. The Balaban J connectivity index is 2.04. The van der Waals surface area contributed by atoms with Crippen LogP contribution >= 0.6 is 0 Å². The van der Waals surface area contributed by atoms with E-state index in [1.807, 2.05) is 11.8 Å². The van der Waals surface area contributed by atoms with Gasteiger partial charge in [-0.25, -0.2) is 0 Å². The fraction of sp³-hybridized carbons (Fsp3) is 0.929. The third kappa shape index (κ3) is 2.86. The molecule has 1 aliphatic carbocycles. The van der Waals surface area contributed by atoms with E-state index in [1.54, 1.807) is 0 Å². The van der Waals surface area contributed by atoms with E-state index in [-0.39, 0.29) is 17.6 Å². The van der Waals surface area contributed by atoms with Gasteiger partial charge in [0.25, 0.3) is 0 Å². The Bertz CT molecular complexity index is 317. The summed E-state index contributed by atoms with van der Waals surface area (Å²) >= 11 is 0. The Morgan fingerprint density at radius 3 is 2.78 bits per heavy atom. The Morgan fingerprint density at radius 1 is 1.44 bits per heavy atom. The summed E-state index contributed by atoms with van der Waals surface area (Å²) in [5.41, 5.74) is 5.54. The standard InChI is InChI=1S/C14H26N2O2/c1-10-8-16(9-14(2,3)18-10)13(17)12-6-4-5-11(12)7-15/h10-12H,4-9,15H2,1-3H3. The van der Waals surface area contributed by atoms with Crippen molar-refractivity contribution in [1.82, 2.24) is 4.90 Å². The summed E-state index contributed by atoms with van der Waals surface area (Å²) in [6.45, 7) is 8.20. The lowest BCUT2D eigenvalue weighted by molar-refractivity contribution is -0.162. The minimum atomic E-state index is -0.232. The molecule has 4 heteroatoms. The van der Waals surface area contributed by atoms with Crippen LogP contribution < -0.4 is 5.73 Å². The molecule has 0 aromatic rings. The highest BCUT2D eigenvalue weighted by Crippen LogP contribution is 2.33. The van der Waals surface area contributed by atoms with Crippen LogP contribution in [0.15, 0.2) is 0 Å². The molecule has 1 aliphatic heterocycles. The number of rotatable bonds is 2. The van der Waals surface area contributed by atoms with Crippen LogP contribution in [-0.4, -0.2) is 42.1 Å². The molecule has 2 fully saturated rings. The van der Waals surface area contributed by atoms with Crippen molar-refractivity contribution >= 4 is 5.91 Å². The average Bonchev–Trinajstić information content (AvgIpc) is 2.73. The van der Waals surface area contributed by atoms with Crippen LogP contribution in [0, 0.1) is 11.8 Å². The van der Waals surface area contributed by atoms with Crippen molar-refractivity contribution in [1.29, 1.82) is 0 Å². The molecule has 2 aliphatic rings. The summed E-state index contributed by atoms with van der Waals surface area (Å²) in [5.74, 6) is 0.834. The molecule has 104 valence electrons. The molecule has 0 radical (unpaired) electrons. The minimum absolute atomic E-state index is 0.121. The summed E-state index contributed by atoms with van der Waals surface area (Å²) in [5, 5.41) is 0. The van der Waals surface area contributed by atoms with Gasteiger partial charge in [-0.2, -0.15) is 0 Å². The number of carbonyl (C=O) groups excluding carboxylic acids is 1. The van der Waals surface area contributed by atoms with Gasteiger partial charge in [0.2, 0.25) is 5.91 Å². The van der Waals surface area contributed by atoms with E-state index in [2.05, 4.69) is 13.8 Å². The summed E-state index contributed by atoms with van der Waals surface area (Å²) in [4.78, 5) is 14.6. The van der Waals surface area contributed by atoms with Crippen LogP contribution in [0.25, 0.3) is 0 Å². The predicted octanol–water partition coefficient (Wildman–Crippen LogP) is 1.39. The zero-order valence-corrected chi connectivity index (χ0v) is 11.8. The average molecular weight is 254 g/mol. The van der Waals surface area contributed by atoms with E-state index >= 15 is 0 Å². The van der Waals surface area contributed by atoms with Crippen molar-refractivity contribution in [3.63, 3.8) is 0 Å². The molecule has 0 bridgehead atoms. The largest absolute Gasteiger partial charge is 0.369 e. The van der Waals surface area contributed by atoms with E-state index in [1.165, 1.54) is 0 Å². The molecule has 0 spiro atoms. The van der Waals surface area contributed by atoms with Crippen molar-refractivity contribution in [2.45, 2.75) is 51.7 Å². The zero-order valence-electron chi connectivity index (χ0n) is 11.8. The van der Waals surface area contributed by atoms with Gasteiger partial charge in [-0.05, 0) is 46.1 Å². The van der Waals surface area contributed by atoms with Gasteiger partial charge < -0.3 is 15.4 Å². The van der Waals surface area contributed by atoms with Crippen molar-refractivity contribution in [3.05, 3.63) is 0 Å². The predicted molar refractivity (Wildman–Crippen MR) is 71.1 cm³/mol. The molecule has 0 aromatic heterocycles. The van der Waals surface area contributed by atoms with E-state index in [9.17, 15) is 4.79 Å². The summed E-state index contributed by atoms with van der Waals surface area (Å²) < 4.78 is 5.85. The second-order valence-corrected chi connectivity index (χ2v) is 6.44. The molecular weight excluding hydrogens is 228 g/mol. The molecule has 4 nitrogen and oxygen atoms in total. The molecule has 2 rings (SSSR count). The molecule has 0 aromatic carbocycles. The van der Waals surface area contributed by atoms with E-state index < -0.39 is 0 Å². The number of amides is 1. The number of hydrogen-bond acceptors (Lipinski definition) is 3. The third-order valence-electron chi connectivity index (χ3n) is 4.16. The molecule has 1 saturated carbocycles. The zero-order chi connectivity index (χ0) is 13.3. The highest BCUT2D eigenvalue weighted by atomic mass is 16.5. The number of ether oxygens (including phenoxy) is 1. The Morgan fingerprint density at radius 2 is 2.17 bits per heavy atom. The first-order valence-electron chi connectivity index (χ1n) is 7.09. The Hall–Kier alpha value is -0.610. The van der Waals surface area contributed by atoms with Crippen LogP contribution in [-0.2, 0) is 9.53 Å². The van der Waals surface area contributed by atoms with Crippen LogP contribution in [0.5, 0.6) is 0 Å². The molecule has 1 saturated heterocycles. The van der Waals surface area contributed by atoms with Crippen molar-refractivity contribution in [3.8, 4) is 0 Å². The highest BCUT2D eigenvalue weighted by Gasteiger charge is 2.39. The van der Waals surface area contributed by atoms with Crippen molar-refractivity contribution in [2.24, 2.45) is 17.6 Å². The van der Waals surface area contributed by atoms with Gasteiger partial charge in [-0.15, -0.1) is 0 Å². The van der Waals surface area contributed by atoms with Crippen LogP contribution in [0.2, 0.25) is 0 Å². The molecule has 1 amide bonds. The van der Waals surface area contributed by atoms with E-state index in [0.717, 1.165) is 25.8 Å². The van der Waals surface area contributed by atoms with Gasteiger partial charge in [0.1, 0.15) is 0 Å². The van der Waals surface area contributed by atoms with Crippen molar-refractivity contribution in [2.75, 3.05) is 19.6 Å². The molecule has 2 N–H and O–H groups in total. The van der Waals surface area contributed by atoms with Gasteiger partial charge >= 0.3 is 0 Å². The second kappa shape index (κ2) is 5.17. The van der Waals surface area contributed by atoms with Gasteiger partial charge in [0.05, 0.1) is 11.7 Å². The Kier molecular flexibility index (Phi) is 3.97.